The molecule has 148 valence electrons. The topological polar surface area (TPSA) is 85.6 Å². The van der Waals surface area contributed by atoms with Gasteiger partial charge in [-0.1, -0.05) is 19.1 Å². The van der Waals surface area contributed by atoms with E-state index in [1.54, 1.807) is 13.4 Å². The predicted octanol–water partition coefficient (Wildman–Crippen LogP) is 1.87. The Morgan fingerprint density at radius 2 is 2.00 bits per heavy atom. The van der Waals surface area contributed by atoms with E-state index >= 15 is 0 Å². The zero-order valence-electron chi connectivity index (χ0n) is 16.6. The van der Waals surface area contributed by atoms with Gasteiger partial charge in [-0.2, -0.15) is 0 Å². The fraction of sp³-hybridized carbons (Fsp3) is 0.526. The molecule has 27 heavy (non-hydrogen) atoms. The highest BCUT2D eigenvalue weighted by atomic mass is 16.5. The second-order valence-corrected chi connectivity index (χ2v) is 6.02. The maximum Gasteiger partial charge on any atom is 0.191 e. The fourth-order valence-corrected chi connectivity index (χ4v) is 2.57. The molecule has 1 unspecified atom stereocenters. The summed E-state index contributed by atoms with van der Waals surface area (Å²) in [5.74, 6) is 3.19. The molecule has 0 saturated heterocycles. The van der Waals surface area contributed by atoms with E-state index < -0.39 is 0 Å². The minimum absolute atomic E-state index is 0.0821. The first-order valence-corrected chi connectivity index (χ1v) is 9.36. The molecule has 1 aromatic carbocycles. The quantitative estimate of drug-likeness (QED) is 0.488. The number of nitrogens with one attached hydrogen (secondary N) is 2. The summed E-state index contributed by atoms with van der Waals surface area (Å²) in [5.41, 5.74) is 0. The monoisotopic (exact) mass is 374 g/mol. The van der Waals surface area contributed by atoms with Crippen LogP contribution in [0, 0.1) is 0 Å². The molecule has 0 aliphatic carbocycles. The number of para-hydroxylation sites is 2. The molecule has 1 aromatic heterocycles. The number of nitrogens with zero attached hydrogens (tertiary/aromatic N) is 4. The Labute approximate surface area is 161 Å². The average molecular weight is 374 g/mol. The average Bonchev–Trinajstić information content (AvgIpc) is 3.14. The predicted molar refractivity (Wildman–Crippen MR) is 106 cm³/mol. The number of ether oxygens (including phenoxy) is 2. The van der Waals surface area contributed by atoms with Crippen molar-refractivity contribution in [3.63, 3.8) is 0 Å². The molecule has 0 amide bonds. The Hall–Kier alpha value is -2.77. The Balaban J connectivity index is 1.86. The largest absolute Gasteiger partial charge is 0.493 e. The Morgan fingerprint density at radius 3 is 2.70 bits per heavy atom. The van der Waals surface area contributed by atoms with E-state index in [0.717, 1.165) is 49.3 Å². The van der Waals surface area contributed by atoms with Gasteiger partial charge in [-0.15, -0.1) is 10.2 Å². The second kappa shape index (κ2) is 11.1. The number of hydrogen-bond acceptors (Lipinski definition) is 5. The Morgan fingerprint density at radius 1 is 1.22 bits per heavy atom. The Kier molecular flexibility index (Phi) is 8.41. The minimum Gasteiger partial charge on any atom is -0.493 e. The van der Waals surface area contributed by atoms with Gasteiger partial charge in [0.15, 0.2) is 17.5 Å². The second-order valence-electron chi connectivity index (χ2n) is 6.02. The molecule has 0 fully saturated rings. The third-order valence-electron chi connectivity index (χ3n) is 3.91. The van der Waals surface area contributed by atoms with Crippen LogP contribution in [0.1, 0.15) is 26.6 Å². The lowest BCUT2D eigenvalue weighted by Crippen LogP contribution is -2.39. The van der Waals surface area contributed by atoms with Gasteiger partial charge >= 0.3 is 0 Å². The van der Waals surface area contributed by atoms with Gasteiger partial charge in [-0.25, -0.2) is 4.99 Å². The van der Waals surface area contributed by atoms with Crippen LogP contribution in [-0.4, -0.2) is 53.6 Å². The van der Waals surface area contributed by atoms with Crippen molar-refractivity contribution < 1.29 is 9.47 Å². The lowest BCUT2D eigenvalue weighted by Gasteiger charge is -2.17. The van der Waals surface area contributed by atoms with Gasteiger partial charge in [0.05, 0.1) is 13.7 Å². The summed E-state index contributed by atoms with van der Waals surface area (Å²) in [6, 6.07) is 7.62. The summed E-state index contributed by atoms with van der Waals surface area (Å²) in [5, 5.41) is 14.6. The number of hydrogen-bond donors (Lipinski definition) is 2. The highest BCUT2D eigenvalue weighted by Gasteiger charge is 2.09. The molecule has 8 nitrogen and oxygen atoms in total. The van der Waals surface area contributed by atoms with E-state index in [9.17, 15) is 0 Å². The first-order chi connectivity index (χ1) is 13.2. The van der Waals surface area contributed by atoms with E-state index in [1.807, 2.05) is 42.7 Å². The number of aromatic nitrogens is 3. The highest BCUT2D eigenvalue weighted by Crippen LogP contribution is 2.26. The number of aliphatic imine (C=N–C) groups is 1. The molecule has 0 bridgehead atoms. The van der Waals surface area contributed by atoms with Crippen LogP contribution in [0.15, 0.2) is 35.6 Å². The van der Waals surface area contributed by atoms with E-state index in [0.29, 0.717) is 6.54 Å². The number of rotatable bonds is 10. The van der Waals surface area contributed by atoms with Gasteiger partial charge in [-0.3, -0.25) is 0 Å². The van der Waals surface area contributed by atoms with E-state index in [1.165, 1.54) is 0 Å². The first-order valence-electron chi connectivity index (χ1n) is 9.36. The molecule has 8 heteroatoms. The van der Waals surface area contributed by atoms with Crippen LogP contribution in [0.3, 0.4) is 0 Å². The minimum atomic E-state index is -0.0821. The van der Waals surface area contributed by atoms with Crippen molar-refractivity contribution in [2.75, 3.05) is 26.7 Å². The van der Waals surface area contributed by atoms with Crippen molar-refractivity contribution in [3.8, 4) is 11.5 Å². The normalized spacial score (nSPS) is 12.5. The van der Waals surface area contributed by atoms with Crippen molar-refractivity contribution >= 4 is 5.96 Å². The standard InChI is InChI=1S/C19H30N6O2/c1-5-18-24-23-14-25(18)12-11-21-19(20-6-2)22-13-15(3)27-17-10-8-7-9-16(17)26-4/h7-10,14-15H,5-6,11-13H2,1-4H3,(H2,20,21,22). The van der Waals surface area contributed by atoms with Gasteiger partial charge in [0.2, 0.25) is 0 Å². The summed E-state index contributed by atoms with van der Waals surface area (Å²) in [6.07, 6.45) is 2.54. The summed E-state index contributed by atoms with van der Waals surface area (Å²) in [4.78, 5) is 4.61. The molecule has 1 atom stereocenters. The van der Waals surface area contributed by atoms with Crippen LogP contribution in [0.2, 0.25) is 0 Å². The summed E-state index contributed by atoms with van der Waals surface area (Å²) in [6.45, 7) is 8.95. The van der Waals surface area contributed by atoms with Crippen molar-refractivity contribution in [2.24, 2.45) is 4.99 Å². The molecule has 0 radical (unpaired) electrons. The highest BCUT2D eigenvalue weighted by molar-refractivity contribution is 5.79. The van der Waals surface area contributed by atoms with Crippen LogP contribution in [0.25, 0.3) is 0 Å². The lowest BCUT2D eigenvalue weighted by molar-refractivity contribution is 0.219. The molecule has 0 aliphatic rings. The van der Waals surface area contributed by atoms with E-state index in [4.69, 9.17) is 9.47 Å². The molecule has 2 N–H and O–H groups in total. The number of methoxy groups -OCH3 is 1. The molecule has 0 spiro atoms. The molecule has 2 aromatic rings. The van der Waals surface area contributed by atoms with Gasteiger partial charge < -0.3 is 24.7 Å². The maximum absolute atomic E-state index is 5.95. The number of benzene rings is 1. The van der Waals surface area contributed by atoms with Gasteiger partial charge in [0.25, 0.3) is 0 Å². The molecular weight excluding hydrogens is 344 g/mol. The van der Waals surface area contributed by atoms with Crippen molar-refractivity contribution in [1.29, 1.82) is 0 Å². The number of guanidine groups is 1. The molecule has 1 heterocycles. The fourth-order valence-electron chi connectivity index (χ4n) is 2.57. The Bertz CT molecular complexity index is 716. The molecule has 0 aliphatic heterocycles. The third kappa shape index (κ3) is 6.47. The van der Waals surface area contributed by atoms with Crippen LogP contribution in [-0.2, 0) is 13.0 Å². The van der Waals surface area contributed by atoms with Crippen LogP contribution in [0.5, 0.6) is 11.5 Å². The van der Waals surface area contributed by atoms with Gasteiger partial charge in [0, 0.05) is 26.1 Å². The maximum atomic E-state index is 5.95. The first kappa shape index (κ1) is 20.5. The summed E-state index contributed by atoms with van der Waals surface area (Å²) < 4.78 is 13.3. The van der Waals surface area contributed by atoms with Crippen molar-refractivity contribution in [3.05, 3.63) is 36.4 Å². The van der Waals surface area contributed by atoms with E-state index in [2.05, 4.69) is 32.7 Å². The molecule has 2 rings (SSSR count). The van der Waals surface area contributed by atoms with Crippen molar-refractivity contribution in [1.82, 2.24) is 25.4 Å². The van der Waals surface area contributed by atoms with Gasteiger partial charge in [0.1, 0.15) is 18.3 Å². The molecule has 0 saturated carbocycles. The van der Waals surface area contributed by atoms with Crippen LogP contribution < -0.4 is 20.1 Å². The number of aryl methyl sites for hydroxylation is 1. The smallest absolute Gasteiger partial charge is 0.191 e. The summed E-state index contributed by atoms with van der Waals surface area (Å²) in [7, 11) is 1.64. The lowest BCUT2D eigenvalue weighted by atomic mass is 10.3. The van der Waals surface area contributed by atoms with Crippen molar-refractivity contribution in [2.45, 2.75) is 39.8 Å². The summed E-state index contributed by atoms with van der Waals surface area (Å²) >= 11 is 0. The van der Waals surface area contributed by atoms with Gasteiger partial charge in [-0.05, 0) is 26.0 Å². The van der Waals surface area contributed by atoms with Crippen LogP contribution in [0.4, 0.5) is 0 Å². The third-order valence-corrected chi connectivity index (χ3v) is 3.91. The molecular formula is C19H30N6O2. The zero-order valence-corrected chi connectivity index (χ0v) is 16.6. The van der Waals surface area contributed by atoms with E-state index in [-0.39, 0.29) is 6.10 Å². The van der Waals surface area contributed by atoms with Crippen LogP contribution >= 0.6 is 0 Å². The SMILES string of the molecule is CCNC(=NCC(C)Oc1ccccc1OC)NCCn1cnnc1CC. The zero-order chi connectivity index (χ0) is 19.5.